The van der Waals surface area contributed by atoms with Crippen LogP contribution in [0.25, 0.3) is 0 Å². The number of hydrogen-bond donors (Lipinski definition) is 0. The van der Waals surface area contributed by atoms with Gasteiger partial charge in [0.2, 0.25) is 0 Å². The third-order valence-electron chi connectivity index (χ3n) is 8.73. The molecule has 6 aliphatic rings. The van der Waals surface area contributed by atoms with Crippen LogP contribution in [0, 0.1) is 58.7 Å². The van der Waals surface area contributed by atoms with Crippen molar-refractivity contribution in [1.82, 2.24) is 0 Å². The van der Waals surface area contributed by atoms with Crippen molar-refractivity contribution >= 4 is 5.97 Å². The molecule has 6 fully saturated rings. The van der Waals surface area contributed by atoms with Crippen LogP contribution < -0.4 is 0 Å². The topological polar surface area (TPSA) is 35.5 Å². The maximum absolute atomic E-state index is 13.1. The lowest BCUT2D eigenvalue weighted by Crippen LogP contribution is -2.60. The molecule has 0 aromatic carbocycles. The van der Waals surface area contributed by atoms with Crippen LogP contribution in [0.1, 0.15) is 46.5 Å². The molecule has 0 aromatic rings. The summed E-state index contributed by atoms with van der Waals surface area (Å²) in [6.45, 7) is 5.84. The Morgan fingerprint density at radius 3 is 2.36 bits per heavy atom. The molecule has 0 radical (unpaired) electrons. The van der Waals surface area contributed by atoms with Crippen LogP contribution >= 0.6 is 0 Å². The minimum absolute atomic E-state index is 0.000856. The van der Waals surface area contributed by atoms with E-state index in [4.69, 9.17) is 9.78 Å². The summed E-state index contributed by atoms with van der Waals surface area (Å²) in [5, 5.41) is 0. The molecule has 0 aliphatic heterocycles. The number of carbonyl (C=O) groups excluding carboxylic acids is 1. The predicted molar refractivity (Wildman–Crippen MR) is 79.2 cm³/mol. The molecule has 0 heterocycles. The first-order chi connectivity index (χ1) is 10.5. The zero-order valence-electron chi connectivity index (χ0n) is 13.7. The monoisotopic (exact) mass is 302 g/mol. The lowest BCUT2D eigenvalue weighted by molar-refractivity contribution is -0.334. The summed E-state index contributed by atoms with van der Waals surface area (Å²) in [5.41, 5.74) is -0.572. The van der Waals surface area contributed by atoms with Crippen molar-refractivity contribution in [3.05, 3.63) is 0 Å². The van der Waals surface area contributed by atoms with E-state index >= 15 is 0 Å². The van der Waals surface area contributed by atoms with E-state index in [-0.39, 0.29) is 11.4 Å². The van der Waals surface area contributed by atoms with Crippen molar-refractivity contribution in [2.24, 2.45) is 58.7 Å². The van der Waals surface area contributed by atoms with Crippen molar-refractivity contribution in [3.63, 3.8) is 0 Å². The van der Waals surface area contributed by atoms with Crippen LogP contribution in [0.3, 0.4) is 0 Å². The third kappa shape index (κ3) is 1.07. The SMILES string of the molecule is CC(C)(C)OOC(=O)C12CCC3C4C5CCC(C6C5C3C61)C42. The number of hydrogen-bond acceptors (Lipinski definition) is 3. The summed E-state index contributed by atoms with van der Waals surface area (Å²) >= 11 is 0. The molecule has 3 heteroatoms. The van der Waals surface area contributed by atoms with Gasteiger partial charge in [-0.2, -0.15) is 4.89 Å². The van der Waals surface area contributed by atoms with Gasteiger partial charge in [-0.05, 0) is 99.7 Å². The van der Waals surface area contributed by atoms with Gasteiger partial charge in [0.15, 0.2) is 0 Å². The quantitative estimate of drug-likeness (QED) is 0.579. The van der Waals surface area contributed by atoms with Crippen LogP contribution in [0.4, 0.5) is 0 Å². The van der Waals surface area contributed by atoms with Crippen molar-refractivity contribution < 1.29 is 14.6 Å². The summed E-state index contributed by atoms with van der Waals surface area (Å²) in [6.07, 6.45) is 5.20. The largest absolute Gasteiger partial charge is 0.349 e. The van der Waals surface area contributed by atoms with E-state index in [1.807, 2.05) is 20.8 Å². The molecule has 0 aromatic heterocycles. The summed E-state index contributed by atoms with van der Waals surface area (Å²) in [4.78, 5) is 24.0. The zero-order valence-corrected chi connectivity index (χ0v) is 13.7. The average Bonchev–Trinajstić information content (AvgIpc) is 2.80. The molecule has 0 amide bonds. The van der Waals surface area contributed by atoms with Gasteiger partial charge in [-0.1, -0.05) is 0 Å². The molecule has 6 aliphatic carbocycles. The molecule has 10 atom stereocenters. The van der Waals surface area contributed by atoms with Crippen LogP contribution in [-0.2, 0) is 14.6 Å². The Morgan fingerprint density at radius 1 is 0.909 bits per heavy atom. The Hall–Kier alpha value is -0.570. The van der Waals surface area contributed by atoms with E-state index in [1.54, 1.807) is 0 Å². The molecular weight excluding hydrogens is 276 g/mol. The molecule has 0 spiro atoms. The molecule has 22 heavy (non-hydrogen) atoms. The molecule has 2 bridgehead atoms. The average molecular weight is 302 g/mol. The van der Waals surface area contributed by atoms with Gasteiger partial charge in [0.1, 0.15) is 5.60 Å². The molecule has 3 nitrogen and oxygen atoms in total. The van der Waals surface area contributed by atoms with Crippen LogP contribution in [-0.4, -0.2) is 11.6 Å². The Morgan fingerprint density at radius 2 is 1.59 bits per heavy atom. The van der Waals surface area contributed by atoms with E-state index in [9.17, 15) is 4.79 Å². The molecule has 10 unspecified atom stereocenters. The molecule has 6 saturated carbocycles. The normalized spacial score (nSPS) is 61.7. The van der Waals surface area contributed by atoms with Gasteiger partial charge >= 0.3 is 5.97 Å². The van der Waals surface area contributed by atoms with Crippen LogP contribution in [0.2, 0.25) is 0 Å². The van der Waals surface area contributed by atoms with Crippen LogP contribution in [0.5, 0.6) is 0 Å². The van der Waals surface area contributed by atoms with Gasteiger partial charge < -0.3 is 0 Å². The molecule has 0 N–H and O–H groups in total. The van der Waals surface area contributed by atoms with Crippen molar-refractivity contribution in [2.75, 3.05) is 0 Å². The number of fused-ring (bicyclic) bond motifs is 4. The van der Waals surface area contributed by atoms with Gasteiger partial charge in [0.25, 0.3) is 0 Å². The lowest BCUT2D eigenvalue weighted by atomic mass is 9.44. The molecule has 120 valence electrons. The lowest BCUT2D eigenvalue weighted by Gasteiger charge is -2.59. The van der Waals surface area contributed by atoms with Gasteiger partial charge in [-0.25, -0.2) is 4.79 Å². The van der Waals surface area contributed by atoms with Crippen molar-refractivity contribution in [3.8, 4) is 0 Å². The predicted octanol–water partition coefficient (Wildman–Crippen LogP) is 3.43. The second-order valence-electron chi connectivity index (χ2n) is 10.1. The fraction of sp³-hybridized carbons (Fsp3) is 0.947. The maximum atomic E-state index is 13.1. The van der Waals surface area contributed by atoms with Gasteiger partial charge in [-0.3, -0.25) is 4.89 Å². The van der Waals surface area contributed by atoms with Crippen molar-refractivity contribution in [2.45, 2.75) is 52.1 Å². The van der Waals surface area contributed by atoms with Gasteiger partial charge in [0, 0.05) is 0 Å². The Kier molecular flexibility index (Phi) is 2.00. The van der Waals surface area contributed by atoms with E-state index in [0.717, 1.165) is 47.8 Å². The first kappa shape index (κ1) is 12.8. The minimum atomic E-state index is -0.415. The fourth-order valence-corrected chi connectivity index (χ4v) is 8.92. The highest BCUT2D eigenvalue weighted by Gasteiger charge is 2.88. The summed E-state index contributed by atoms with van der Waals surface area (Å²) < 4.78 is 0. The van der Waals surface area contributed by atoms with Crippen LogP contribution in [0.15, 0.2) is 0 Å². The minimum Gasteiger partial charge on any atom is -0.297 e. The van der Waals surface area contributed by atoms with E-state index in [2.05, 4.69) is 0 Å². The first-order valence-corrected chi connectivity index (χ1v) is 9.35. The molecule has 0 saturated heterocycles. The summed E-state index contributed by atoms with van der Waals surface area (Å²) in [6, 6.07) is 0. The molecular formula is C19H26O3. The first-order valence-electron chi connectivity index (χ1n) is 9.35. The highest BCUT2D eigenvalue weighted by atomic mass is 17.2. The Labute approximate surface area is 132 Å². The second-order valence-corrected chi connectivity index (χ2v) is 10.1. The smallest absolute Gasteiger partial charge is 0.297 e. The highest BCUT2D eigenvalue weighted by Crippen LogP contribution is 2.89. The fourth-order valence-electron chi connectivity index (χ4n) is 8.92. The summed E-state index contributed by atoms with van der Waals surface area (Å²) in [7, 11) is 0. The Balaban J connectivity index is 1.40. The van der Waals surface area contributed by atoms with Gasteiger partial charge in [0.05, 0.1) is 5.41 Å². The zero-order chi connectivity index (χ0) is 15.0. The van der Waals surface area contributed by atoms with Crippen molar-refractivity contribution in [1.29, 1.82) is 0 Å². The highest BCUT2D eigenvalue weighted by molar-refractivity contribution is 5.80. The number of carbonyl (C=O) groups is 1. The van der Waals surface area contributed by atoms with E-state index in [0.29, 0.717) is 11.8 Å². The van der Waals surface area contributed by atoms with E-state index < -0.39 is 5.60 Å². The standard InChI is InChI=1S/C19H26O3/c1-18(2,3)22-21-17(20)19-7-6-9-11-8-4-5-10(15(11)19)14-12(8)13(9)16(14)19/h8-16H,4-7H2,1-3H3. The van der Waals surface area contributed by atoms with E-state index in [1.165, 1.54) is 19.3 Å². The molecule has 6 rings (SSSR count). The third-order valence-corrected chi connectivity index (χ3v) is 8.73. The maximum Gasteiger partial charge on any atom is 0.349 e. The summed E-state index contributed by atoms with van der Waals surface area (Å²) in [5.74, 6) is 7.67. The number of rotatable bonds is 2. The Bertz CT molecular complexity index is 567. The van der Waals surface area contributed by atoms with Gasteiger partial charge in [-0.15, -0.1) is 0 Å². The second kappa shape index (κ2) is 3.43.